The molecule has 0 amide bonds. The van der Waals surface area contributed by atoms with E-state index < -0.39 is 92.7 Å². The number of azo groups is 1. The molecule has 6 aromatic carbocycles. The van der Waals surface area contributed by atoms with E-state index in [0.717, 1.165) is 10.8 Å². The van der Waals surface area contributed by atoms with E-state index in [-0.39, 0.29) is 75.9 Å². The summed E-state index contributed by atoms with van der Waals surface area (Å²) in [5.74, 6) is -12.7. The summed E-state index contributed by atoms with van der Waals surface area (Å²) in [5.41, 5.74) is 0.531. The van der Waals surface area contributed by atoms with Crippen LogP contribution in [0.1, 0.15) is 122 Å². The molecule has 1 aliphatic rings. The number of hydrogen-bond acceptors (Lipinski definition) is 16. The van der Waals surface area contributed by atoms with E-state index >= 15 is 0 Å². The minimum atomic E-state index is -0.984. The summed E-state index contributed by atoms with van der Waals surface area (Å²) in [4.78, 5) is 4.06. The van der Waals surface area contributed by atoms with Crippen molar-refractivity contribution in [3.8, 4) is 74.7 Å². The quantitative estimate of drug-likeness (QED) is 0.0545. The summed E-state index contributed by atoms with van der Waals surface area (Å²) in [6.45, 7) is 6.78. The zero-order valence-electron chi connectivity index (χ0n) is 36.9. The number of aromatic nitrogens is 1. The van der Waals surface area contributed by atoms with Crippen LogP contribution in [0.5, 0.6) is 74.7 Å². The Bertz CT molecular complexity index is 2660. The minimum Gasteiger partial charge on any atom is -0.506 e. The molecule has 16 nitrogen and oxygen atoms in total. The largest absolute Gasteiger partial charge is 0.506 e. The normalized spacial score (nSPS) is 16.7. The van der Waals surface area contributed by atoms with Gasteiger partial charge in [-0.3, -0.25) is 0 Å². The van der Waals surface area contributed by atoms with Gasteiger partial charge in [0.2, 0.25) is 23.0 Å². The van der Waals surface area contributed by atoms with Crippen LogP contribution in [0.3, 0.4) is 0 Å². The van der Waals surface area contributed by atoms with Crippen LogP contribution >= 0.6 is 0 Å². The molecule has 1 heterocycles. The van der Waals surface area contributed by atoms with Crippen LogP contribution in [0.25, 0.3) is 10.8 Å². The molecule has 8 bridgehead atoms. The topological polar surface area (TPSA) is 301 Å². The lowest BCUT2D eigenvalue weighted by Gasteiger charge is -2.29. The Morgan fingerprint density at radius 3 is 1.01 bits per heavy atom. The molecule has 13 N–H and O–H groups in total. The first kappa shape index (κ1) is 46.7. The molecule has 16 heteroatoms. The number of pyridine rings is 1. The fourth-order valence-corrected chi connectivity index (χ4v) is 9.18. The molecule has 0 fully saturated rings. The molecule has 8 rings (SSSR count). The standard InChI is InChI=1S/C36H40O12.C15H11N3O/c1-5-13-17-9-19(27(39)33(45)25(17)37)14(6-2)21-11-23(31(43)35(47)29(21)41)16(8-4)24-12-22(30(42)36(48)32(24)44)15(7-3)20-10-18(13)26(38)34(46)28(20)40;19-13-9-8-11-5-1-2-6-12(11)15(13)18-17-14-7-3-4-10-16-14/h9-16,37-48H,5-8H2,1-4H3;1-10,19H. The molecule has 7 aromatic rings. The molecule has 0 radical (unpaired) electrons. The van der Waals surface area contributed by atoms with Crippen molar-refractivity contribution in [2.45, 2.75) is 77.0 Å². The van der Waals surface area contributed by atoms with Crippen molar-refractivity contribution in [2.75, 3.05) is 0 Å². The van der Waals surface area contributed by atoms with Gasteiger partial charge in [0.1, 0.15) is 11.4 Å². The number of phenols is 13. The third kappa shape index (κ3) is 8.11. The van der Waals surface area contributed by atoms with Crippen LogP contribution in [0.15, 0.2) is 95.3 Å². The van der Waals surface area contributed by atoms with Gasteiger partial charge in [-0.25, -0.2) is 4.98 Å². The smallest absolute Gasteiger partial charge is 0.200 e. The second kappa shape index (κ2) is 18.7. The van der Waals surface area contributed by atoms with Crippen molar-refractivity contribution in [3.63, 3.8) is 0 Å². The van der Waals surface area contributed by atoms with Gasteiger partial charge in [0.25, 0.3) is 0 Å². The maximum Gasteiger partial charge on any atom is 0.200 e. The predicted molar refractivity (Wildman–Crippen MR) is 248 cm³/mol. The molecule has 0 saturated heterocycles. The summed E-state index contributed by atoms with van der Waals surface area (Å²) < 4.78 is 0. The Morgan fingerprint density at radius 2 is 0.701 bits per heavy atom. The lowest BCUT2D eigenvalue weighted by Crippen LogP contribution is -2.10. The second-order valence-electron chi connectivity index (χ2n) is 16.3. The highest BCUT2D eigenvalue weighted by Crippen LogP contribution is 2.58. The van der Waals surface area contributed by atoms with Gasteiger partial charge in [0.05, 0.1) is 0 Å². The molecule has 0 unspecified atom stereocenters. The highest BCUT2D eigenvalue weighted by molar-refractivity contribution is 5.95. The first-order chi connectivity index (χ1) is 32.0. The molecular formula is C51H51N3O13. The van der Waals surface area contributed by atoms with Crippen molar-refractivity contribution < 1.29 is 66.4 Å². The van der Waals surface area contributed by atoms with Crippen molar-refractivity contribution >= 4 is 22.3 Å². The lowest BCUT2D eigenvalue weighted by molar-refractivity contribution is 0.349. The zero-order chi connectivity index (χ0) is 48.6. The van der Waals surface area contributed by atoms with E-state index in [4.69, 9.17) is 0 Å². The molecule has 0 spiro atoms. The number of benzene rings is 6. The summed E-state index contributed by atoms with van der Waals surface area (Å²) >= 11 is 0. The lowest BCUT2D eigenvalue weighted by atomic mass is 9.77. The van der Waals surface area contributed by atoms with E-state index in [0.29, 0.717) is 11.5 Å². The number of phenolic OH excluding ortho intramolecular Hbond substituents is 13. The van der Waals surface area contributed by atoms with Crippen LogP contribution in [0.4, 0.5) is 11.5 Å². The fourth-order valence-electron chi connectivity index (χ4n) is 9.18. The Hall–Kier alpha value is -8.27. The molecule has 1 aromatic heterocycles. The number of fused-ring (bicyclic) bond motifs is 9. The van der Waals surface area contributed by atoms with E-state index in [1.165, 1.54) is 24.3 Å². The molecule has 67 heavy (non-hydrogen) atoms. The van der Waals surface area contributed by atoms with E-state index in [9.17, 15) is 66.4 Å². The van der Waals surface area contributed by atoms with Crippen molar-refractivity contribution in [1.29, 1.82) is 0 Å². The molecule has 0 atom stereocenters. The highest BCUT2D eigenvalue weighted by Gasteiger charge is 2.36. The second-order valence-corrected chi connectivity index (χ2v) is 16.3. The number of hydrogen-bond donors (Lipinski definition) is 13. The minimum absolute atomic E-state index is 0.00860. The van der Waals surface area contributed by atoms with Crippen molar-refractivity contribution in [3.05, 3.63) is 130 Å². The van der Waals surface area contributed by atoms with Crippen molar-refractivity contribution in [2.24, 2.45) is 10.2 Å². The number of aromatic hydroxyl groups is 13. The third-order valence-corrected chi connectivity index (χ3v) is 12.6. The maximum absolute atomic E-state index is 11.1. The predicted octanol–water partition coefficient (Wildman–Crippen LogP) is 11.0. The van der Waals surface area contributed by atoms with E-state index in [1.807, 2.05) is 42.5 Å². The number of rotatable bonds is 6. The van der Waals surface area contributed by atoms with Gasteiger partial charge in [-0.1, -0.05) is 64.1 Å². The average Bonchev–Trinajstić information content (AvgIpc) is 3.33. The summed E-state index contributed by atoms with van der Waals surface area (Å²) in [6.07, 6.45) is 2.23. The summed E-state index contributed by atoms with van der Waals surface area (Å²) in [5, 5.41) is 153. The SMILES string of the molecule is CCC1c2cc(c(O)c(O)c2O)C(CC)c2cc(c(O)c(O)c2O)C(CC)c2cc(c(O)c(O)c2O)C(CC)c2cc1c(O)c(O)c2O.Oc1ccc2ccccc2c1N=Nc1ccccn1. The molecule has 0 aliphatic heterocycles. The van der Waals surface area contributed by atoms with Gasteiger partial charge < -0.3 is 66.4 Å². The van der Waals surface area contributed by atoms with Crippen molar-refractivity contribution in [1.82, 2.24) is 4.98 Å². The Kier molecular flexibility index (Phi) is 13.0. The van der Waals surface area contributed by atoms with Gasteiger partial charge in [-0.15, -0.1) is 10.2 Å². The van der Waals surface area contributed by atoms with Crippen LogP contribution in [-0.2, 0) is 0 Å². The van der Waals surface area contributed by atoms with Gasteiger partial charge >= 0.3 is 0 Å². The monoisotopic (exact) mass is 913 g/mol. The Morgan fingerprint density at radius 1 is 0.373 bits per heavy atom. The van der Waals surface area contributed by atoms with Crippen LogP contribution in [0.2, 0.25) is 0 Å². The Balaban J connectivity index is 0.000000290. The first-order valence-electron chi connectivity index (χ1n) is 21.6. The third-order valence-electron chi connectivity index (χ3n) is 12.6. The first-order valence-corrected chi connectivity index (χ1v) is 21.6. The maximum atomic E-state index is 11.1. The van der Waals surface area contributed by atoms with Gasteiger partial charge in [0, 0.05) is 79.8 Å². The molecule has 348 valence electrons. The van der Waals surface area contributed by atoms with Crippen LogP contribution in [0, 0.1) is 0 Å². The number of nitrogens with zero attached hydrogens (tertiary/aromatic N) is 3. The average molecular weight is 914 g/mol. The summed E-state index contributed by atoms with van der Waals surface area (Å²) in [6, 6.07) is 22.1. The van der Waals surface area contributed by atoms with E-state index in [1.54, 1.807) is 46.0 Å². The fraction of sp³-hybridized carbons (Fsp3) is 0.235. The van der Waals surface area contributed by atoms with Gasteiger partial charge in [0.15, 0.2) is 51.8 Å². The highest BCUT2D eigenvalue weighted by atomic mass is 16.3. The Labute approximate surface area is 384 Å². The molecule has 1 aliphatic carbocycles. The molecule has 0 saturated carbocycles. The molecular weight excluding hydrogens is 863 g/mol. The van der Waals surface area contributed by atoms with Gasteiger partial charge in [-0.2, -0.15) is 0 Å². The summed E-state index contributed by atoms with van der Waals surface area (Å²) in [7, 11) is 0. The van der Waals surface area contributed by atoms with Crippen LogP contribution in [-0.4, -0.2) is 71.4 Å². The van der Waals surface area contributed by atoms with Gasteiger partial charge in [-0.05, 0) is 73.5 Å². The van der Waals surface area contributed by atoms with E-state index in [2.05, 4.69) is 15.2 Å². The van der Waals surface area contributed by atoms with Crippen LogP contribution < -0.4 is 0 Å². The zero-order valence-corrected chi connectivity index (χ0v) is 36.9.